The van der Waals surface area contributed by atoms with Gasteiger partial charge in [-0.1, -0.05) is 25.1 Å². The molecule has 1 aliphatic rings. The van der Waals surface area contributed by atoms with Crippen molar-refractivity contribution in [3.05, 3.63) is 36.2 Å². The van der Waals surface area contributed by atoms with Gasteiger partial charge in [-0.15, -0.1) is 10.2 Å². The normalized spacial score (nSPS) is 17.7. The molecule has 0 N–H and O–H groups in total. The maximum absolute atomic E-state index is 5.74. The van der Waals surface area contributed by atoms with Gasteiger partial charge in [-0.05, 0) is 44.0 Å². The van der Waals surface area contributed by atoms with E-state index in [2.05, 4.69) is 22.0 Å². The highest BCUT2D eigenvalue weighted by Gasteiger charge is 2.18. The second kappa shape index (κ2) is 5.53. The molecular formula is C15H19N3O. The molecule has 0 aliphatic carbocycles. The van der Waals surface area contributed by atoms with Gasteiger partial charge >= 0.3 is 0 Å². The Hall–Kier alpha value is -1.68. The third-order valence-electron chi connectivity index (χ3n) is 3.72. The van der Waals surface area contributed by atoms with Crippen molar-refractivity contribution >= 4 is 0 Å². The topological polar surface area (TPSA) is 42.2 Å². The fraction of sp³-hybridized carbons (Fsp3) is 0.467. The number of hydrogen-bond acceptors (Lipinski definition) is 4. The van der Waals surface area contributed by atoms with Gasteiger partial charge in [-0.3, -0.25) is 4.90 Å². The van der Waals surface area contributed by atoms with Crippen LogP contribution in [0, 0.1) is 5.92 Å². The summed E-state index contributed by atoms with van der Waals surface area (Å²) in [4.78, 5) is 2.39. The van der Waals surface area contributed by atoms with Crippen LogP contribution in [0.2, 0.25) is 0 Å². The van der Waals surface area contributed by atoms with E-state index in [0.29, 0.717) is 11.8 Å². The maximum Gasteiger partial charge on any atom is 0.247 e. The highest BCUT2D eigenvalue weighted by Crippen LogP contribution is 2.20. The largest absolute Gasteiger partial charge is 0.419 e. The monoisotopic (exact) mass is 257 g/mol. The maximum atomic E-state index is 5.74. The molecule has 0 radical (unpaired) electrons. The molecule has 1 saturated heterocycles. The molecule has 2 heterocycles. The fourth-order valence-corrected chi connectivity index (χ4v) is 2.43. The van der Waals surface area contributed by atoms with Gasteiger partial charge in [-0.2, -0.15) is 0 Å². The Morgan fingerprint density at radius 2 is 1.89 bits per heavy atom. The zero-order valence-corrected chi connectivity index (χ0v) is 11.2. The lowest BCUT2D eigenvalue weighted by Gasteiger charge is -2.28. The minimum absolute atomic E-state index is 0.612. The van der Waals surface area contributed by atoms with E-state index in [1.165, 1.54) is 12.8 Å². The number of likely N-dealkylation sites (tertiary alicyclic amines) is 1. The van der Waals surface area contributed by atoms with Crippen LogP contribution in [0.5, 0.6) is 0 Å². The van der Waals surface area contributed by atoms with Crippen LogP contribution < -0.4 is 0 Å². The van der Waals surface area contributed by atoms with E-state index < -0.39 is 0 Å². The molecule has 0 amide bonds. The molecule has 1 aromatic carbocycles. The standard InChI is InChI=1S/C15H19N3O/c1-12-7-9-18(10-8-12)11-14-16-17-15(19-14)13-5-3-2-4-6-13/h2-6,12H,7-11H2,1H3. The molecule has 1 aromatic heterocycles. The summed E-state index contributed by atoms with van der Waals surface area (Å²) in [6.45, 7) is 5.35. The molecule has 3 rings (SSSR count). The molecule has 4 heteroatoms. The Bertz CT molecular complexity index is 515. The summed E-state index contributed by atoms with van der Waals surface area (Å²) in [7, 11) is 0. The highest BCUT2D eigenvalue weighted by atomic mass is 16.4. The first-order valence-corrected chi connectivity index (χ1v) is 6.91. The predicted molar refractivity (Wildman–Crippen MR) is 73.4 cm³/mol. The van der Waals surface area contributed by atoms with Crippen LogP contribution in [0.1, 0.15) is 25.7 Å². The van der Waals surface area contributed by atoms with Crippen molar-refractivity contribution in [2.24, 2.45) is 5.92 Å². The number of rotatable bonds is 3. The van der Waals surface area contributed by atoms with Crippen LogP contribution in [-0.2, 0) is 6.54 Å². The first-order chi connectivity index (χ1) is 9.31. The average molecular weight is 257 g/mol. The molecule has 0 bridgehead atoms. The second-order valence-electron chi connectivity index (χ2n) is 5.33. The number of aromatic nitrogens is 2. The Kier molecular flexibility index (Phi) is 3.60. The van der Waals surface area contributed by atoms with Crippen LogP contribution in [-0.4, -0.2) is 28.2 Å². The molecule has 4 nitrogen and oxygen atoms in total. The number of piperidine rings is 1. The van der Waals surface area contributed by atoms with Crippen LogP contribution in [0.4, 0.5) is 0 Å². The zero-order chi connectivity index (χ0) is 13.1. The van der Waals surface area contributed by atoms with E-state index in [9.17, 15) is 0 Å². The van der Waals surface area contributed by atoms with E-state index in [1.54, 1.807) is 0 Å². The van der Waals surface area contributed by atoms with Crippen LogP contribution in [0.15, 0.2) is 34.7 Å². The summed E-state index contributed by atoms with van der Waals surface area (Å²) in [5, 5.41) is 8.27. The summed E-state index contributed by atoms with van der Waals surface area (Å²) >= 11 is 0. The molecule has 1 fully saturated rings. The highest BCUT2D eigenvalue weighted by molar-refractivity contribution is 5.51. The van der Waals surface area contributed by atoms with Crippen molar-refractivity contribution in [3.63, 3.8) is 0 Å². The van der Waals surface area contributed by atoms with Crippen LogP contribution in [0.25, 0.3) is 11.5 Å². The molecule has 0 saturated carbocycles. The van der Waals surface area contributed by atoms with Crippen LogP contribution in [0.3, 0.4) is 0 Å². The Morgan fingerprint density at radius 1 is 1.16 bits per heavy atom. The van der Waals surface area contributed by atoms with Crippen molar-refractivity contribution < 1.29 is 4.42 Å². The Labute approximate surface area is 113 Å². The van der Waals surface area contributed by atoms with Crippen molar-refractivity contribution in [1.82, 2.24) is 15.1 Å². The van der Waals surface area contributed by atoms with Crippen molar-refractivity contribution in [3.8, 4) is 11.5 Å². The van der Waals surface area contributed by atoms with E-state index in [1.807, 2.05) is 30.3 Å². The SMILES string of the molecule is CC1CCN(Cc2nnc(-c3ccccc3)o2)CC1. The summed E-state index contributed by atoms with van der Waals surface area (Å²) in [6, 6.07) is 9.91. The summed E-state index contributed by atoms with van der Waals surface area (Å²) in [6.07, 6.45) is 2.53. The lowest BCUT2D eigenvalue weighted by Crippen LogP contribution is -2.32. The molecule has 19 heavy (non-hydrogen) atoms. The van der Waals surface area contributed by atoms with Gasteiger partial charge in [0.05, 0.1) is 6.54 Å². The molecule has 1 aliphatic heterocycles. The molecule has 0 unspecified atom stereocenters. The molecule has 0 spiro atoms. The Balaban J connectivity index is 1.65. The van der Waals surface area contributed by atoms with Gasteiger partial charge in [0.25, 0.3) is 0 Å². The minimum atomic E-state index is 0.612. The second-order valence-corrected chi connectivity index (χ2v) is 5.33. The van der Waals surface area contributed by atoms with Gasteiger partial charge in [0, 0.05) is 5.56 Å². The average Bonchev–Trinajstić information content (AvgIpc) is 2.91. The Morgan fingerprint density at radius 3 is 2.63 bits per heavy atom. The lowest BCUT2D eigenvalue weighted by atomic mass is 9.99. The fourth-order valence-electron chi connectivity index (χ4n) is 2.43. The predicted octanol–water partition coefficient (Wildman–Crippen LogP) is 2.97. The van der Waals surface area contributed by atoms with Crippen LogP contribution >= 0.6 is 0 Å². The number of benzene rings is 1. The zero-order valence-electron chi connectivity index (χ0n) is 11.2. The number of hydrogen-bond donors (Lipinski definition) is 0. The third kappa shape index (κ3) is 3.01. The molecule has 100 valence electrons. The van der Waals surface area contributed by atoms with Gasteiger partial charge in [-0.25, -0.2) is 0 Å². The van der Waals surface area contributed by atoms with Gasteiger partial charge in [0.2, 0.25) is 11.8 Å². The molecule has 2 aromatic rings. The smallest absolute Gasteiger partial charge is 0.247 e. The minimum Gasteiger partial charge on any atom is -0.419 e. The first kappa shape index (κ1) is 12.4. The number of nitrogens with zero attached hydrogens (tertiary/aromatic N) is 3. The van der Waals surface area contributed by atoms with E-state index in [0.717, 1.165) is 31.1 Å². The summed E-state index contributed by atoms with van der Waals surface area (Å²) < 4.78 is 5.74. The first-order valence-electron chi connectivity index (χ1n) is 6.91. The van der Waals surface area contributed by atoms with Crippen molar-refractivity contribution in [2.45, 2.75) is 26.3 Å². The van der Waals surface area contributed by atoms with E-state index in [-0.39, 0.29) is 0 Å². The van der Waals surface area contributed by atoms with Gasteiger partial charge in [0.15, 0.2) is 0 Å². The summed E-state index contributed by atoms with van der Waals surface area (Å²) in [5.41, 5.74) is 0.980. The summed E-state index contributed by atoms with van der Waals surface area (Å²) in [5.74, 6) is 2.17. The lowest BCUT2D eigenvalue weighted by molar-refractivity contribution is 0.171. The molecule has 0 atom stereocenters. The quantitative estimate of drug-likeness (QED) is 0.847. The van der Waals surface area contributed by atoms with Crippen molar-refractivity contribution in [2.75, 3.05) is 13.1 Å². The van der Waals surface area contributed by atoms with Crippen molar-refractivity contribution in [1.29, 1.82) is 0 Å². The third-order valence-corrected chi connectivity index (χ3v) is 3.72. The van der Waals surface area contributed by atoms with E-state index >= 15 is 0 Å². The van der Waals surface area contributed by atoms with Gasteiger partial charge in [0.1, 0.15) is 0 Å². The van der Waals surface area contributed by atoms with E-state index in [4.69, 9.17) is 4.42 Å². The van der Waals surface area contributed by atoms with Gasteiger partial charge < -0.3 is 4.42 Å². The molecular weight excluding hydrogens is 238 g/mol.